The minimum atomic E-state index is -3.93. The number of aromatic nitrogens is 2. The number of sulfone groups is 2. The monoisotopic (exact) mass is 396 g/mol. The zero-order chi connectivity index (χ0) is 17.4. The molecule has 1 aromatic carbocycles. The molecular formula is C12H10Cl2N2O5S2. The largest absolute Gasteiger partial charge is 0.288 e. The highest BCUT2D eigenvalue weighted by molar-refractivity contribution is 7.91. The molecule has 124 valence electrons. The molecule has 11 heteroatoms. The lowest BCUT2D eigenvalue weighted by molar-refractivity contribution is 0.592. The molecule has 0 spiro atoms. The molecule has 7 nitrogen and oxygen atoms in total. The van der Waals surface area contributed by atoms with E-state index in [-0.39, 0.29) is 20.6 Å². The van der Waals surface area contributed by atoms with Crippen LogP contribution in [-0.2, 0) is 25.4 Å². The maximum atomic E-state index is 12.3. The standard InChI is InChI=1S/C12H10Cl2N2O5S2/c1-22(18,19)12-5-11(17)10(15-16-12)6-23(20,21)9-3-7(13)2-8(14)4-9/h2-5H,6H2,1H3,(H,16,17). The van der Waals surface area contributed by atoms with Gasteiger partial charge >= 0.3 is 0 Å². The predicted molar refractivity (Wildman–Crippen MR) is 85.3 cm³/mol. The molecule has 0 fully saturated rings. The highest BCUT2D eigenvalue weighted by Gasteiger charge is 2.21. The number of nitrogens with one attached hydrogen (secondary N) is 1. The van der Waals surface area contributed by atoms with Crippen LogP contribution in [0, 0.1) is 0 Å². The Hall–Kier alpha value is -1.42. The molecule has 0 radical (unpaired) electrons. The Morgan fingerprint density at radius 2 is 1.61 bits per heavy atom. The average molecular weight is 397 g/mol. The minimum Gasteiger partial charge on any atom is -0.288 e. The van der Waals surface area contributed by atoms with E-state index < -0.39 is 35.9 Å². The fraction of sp³-hybridized carbons (Fsp3) is 0.167. The quantitative estimate of drug-likeness (QED) is 0.836. The van der Waals surface area contributed by atoms with Crippen molar-refractivity contribution in [3.63, 3.8) is 0 Å². The Morgan fingerprint density at radius 1 is 1.04 bits per heavy atom. The summed E-state index contributed by atoms with van der Waals surface area (Å²) in [5, 5.41) is 5.56. The first-order chi connectivity index (χ1) is 10.5. The molecule has 0 aliphatic carbocycles. The molecule has 0 amide bonds. The number of H-pyrrole nitrogens is 1. The lowest BCUT2D eigenvalue weighted by Gasteiger charge is -2.06. The summed E-state index contributed by atoms with van der Waals surface area (Å²) in [5.41, 5.74) is -1.14. The third-order valence-corrected chi connectivity index (χ3v) is 5.82. The molecule has 0 aliphatic rings. The molecule has 0 unspecified atom stereocenters. The fourth-order valence-electron chi connectivity index (χ4n) is 1.68. The maximum Gasteiger partial charge on any atom is 0.205 e. The van der Waals surface area contributed by atoms with Crippen LogP contribution >= 0.6 is 23.2 Å². The second kappa shape index (κ2) is 6.23. The van der Waals surface area contributed by atoms with E-state index in [9.17, 15) is 21.6 Å². The van der Waals surface area contributed by atoms with Crippen LogP contribution < -0.4 is 5.43 Å². The summed E-state index contributed by atoms with van der Waals surface area (Å²) in [7, 11) is -7.58. The zero-order valence-corrected chi connectivity index (χ0v) is 14.7. The van der Waals surface area contributed by atoms with Crippen molar-refractivity contribution in [2.24, 2.45) is 0 Å². The van der Waals surface area contributed by atoms with Crippen LogP contribution in [0.4, 0.5) is 0 Å². The predicted octanol–water partition coefficient (Wildman–Crippen LogP) is 1.45. The zero-order valence-electron chi connectivity index (χ0n) is 11.6. The highest BCUT2D eigenvalue weighted by atomic mass is 35.5. The highest BCUT2D eigenvalue weighted by Crippen LogP contribution is 2.24. The Kier molecular flexibility index (Phi) is 4.86. The van der Waals surface area contributed by atoms with Gasteiger partial charge in [0.25, 0.3) is 0 Å². The van der Waals surface area contributed by atoms with Crippen molar-refractivity contribution in [3.8, 4) is 0 Å². The lowest BCUT2D eigenvalue weighted by Crippen LogP contribution is -2.19. The van der Waals surface area contributed by atoms with Crippen molar-refractivity contribution in [1.82, 2.24) is 10.2 Å². The van der Waals surface area contributed by atoms with Gasteiger partial charge in [-0.2, -0.15) is 5.10 Å². The van der Waals surface area contributed by atoms with Crippen LogP contribution in [0.3, 0.4) is 0 Å². The van der Waals surface area contributed by atoms with Gasteiger partial charge in [0, 0.05) is 22.4 Å². The second-order valence-electron chi connectivity index (χ2n) is 4.68. The maximum absolute atomic E-state index is 12.3. The molecular weight excluding hydrogens is 387 g/mol. The molecule has 0 bridgehead atoms. The van der Waals surface area contributed by atoms with E-state index in [1.54, 1.807) is 0 Å². The summed E-state index contributed by atoms with van der Waals surface area (Å²) in [5.74, 6) is -0.719. The Labute approximate surface area is 142 Å². The van der Waals surface area contributed by atoms with E-state index in [0.717, 1.165) is 12.3 Å². The summed E-state index contributed by atoms with van der Waals surface area (Å²) in [6.07, 6.45) is 0.893. The van der Waals surface area contributed by atoms with Crippen LogP contribution in [0.5, 0.6) is 0 Å². The van der Waals surface area contributed by atoms with Gasteiger partial charge in [0.15, 0.2) is 24.7 Å². The van der Waals surface area contributed by atoms with Crippen molar-refractivity contribution in [2.75, 3.05) is 6.26 Å². The molecule has 23 heavy (non-hydrogen) atoms. The third kappa shape index (κ3) is 4.31. The summed E-state index contributed by atoms with van der Waals surface area (Å²) in [6.45, 7) is 0. The van der Waals surface area contributed by atoms with Crippen LogP contribution in [0.1, 0.15) is 5.69 Å². The van der Waals surface area contributed by atoms with Gasteiger partial charge in [0.05, 0.1) is 4.90 Å². The Morgan fingerprint density at radius 3 is 2.09 bits per heavy atom. The van der Waals surface area contributed by atoms with Crippen LogP contribution in [0.2, 0.25) is 10.0 Å². The summed E-state index contributed by atoms with van der Waals surface area (Å²) >= 11 is 11.5. The topological polar surface area (TPSA) is 114 Å². The van der Waals surface area contributed by atoms with Gasteiger partial charge in [-0.3, -0.25) is 9.89 Å². The van der Waals surface area contributed by atoms with Crippen molar-refractivity contribution in [1.29, 1.82) is 0 Å². The van der Waals surface area contributed by atoms with Gasteiger partial charge in [-0.15, -0.1) is 0 Å². The van der Waals surface area contributed by atoms with Crippen molar-refractivity contribution < 1.29 is 16.8 Å². The van der Waals surface area contributed by atoms with Gasteiger partial charge in [0.1, 0.15) is 11.4 Å². The Balaban J connectivity index is 2.44. The number of aromatic amines is 1. The van der Waals surface area contributed by atoms with Gasteiger partial charge in [0.2, 0.25) is 5.43 Å². The minimum absolute atomic E-state index is 0.130. The molecule has 1 N–H and O–H groups in total. The first kappa shape index (κ1) is 17.9. The third-order valence-electron chi connectivity index (χ3n) is 2.77. The van der Waals surface area contributed by atoms with Gasteiger partial charge in [-0.25, -0.2) is 16.8 Å². The van der Waals surface area contributed by atoms with Crippen molar-refractivity contribution in [3.05, 3.63) is 50.2 Å². The normalized spacial score (nSPS) is 12.3. The SMILES string of the molecule is CS(=O)(=O)c1cc(=O)c(CS(=O)(=O)c2cc(Cl)cc(Cl)c2)n[nH]1. The van der Waals surface area contributed by atoms with E-state index in [1.165, 1.54) is 18.2 Å². The first-order valence-corrected chi connectivity index (χ1v) is 10.3. The molecule has 0 saturated carbocycles. The van der Waals surface area contributed by atoms with E-state index in [2.05, 4.69) is 10.2 Å². The van der Waals surface area contributed by atoms with Gasteiger partial charge in [-0.1, -0.05) is 23.2 Å². The van der Waals surface area contributed by atoms with Crippen LogP contribution in [0.15, 0.2) is 39.0 Å². The molecule has 0 saturated heterocycles. The summed E-state index contributed by atoms with van der Waals surface area (Å²) in [6, 6.07) is 4.55. The Bertz CT molecular complexity index is 1010. The summed E-state index contributed by atoms with van der Waals surface area (Å²) < 4.78 is 47.3. The fourth-order valence-corrected chi connectivity index (χ4v) is 4.21. The number of nitrogens with zero attached hydrogens (tertiary/aromatic N) is 1. The van der Waals surface area contributed by atoms with E-state index in [4.69, 9.17) is 23.2 Å². The summed E-state index contributed by atoms with van der Waals surface area (Å²) in [4.78, 5) is 11.7. The van der Waals surface area contributed by atoms with Crippen LogP contribution in [-0.4, -0.2) is 33.3 Å². The van der Waals surface area contributed by atoms with Crippen LogP contribution in [0.25, 0.3) is 0 Å². The molecule has 1 aromatic heterocycles. The smallest absolute Gasteiger partial charge is 0.205 e. The number of halogens is 2. The lowest BCUT2D eigenvalue weighted by atomic mass is 10.4. The number of benzene rings is 1. The van der Waals surface area contributed by atoms with Gasteiger partial charge < -0.3 is 0 Å². The number of rotatable bonds is 4. The molecule has 2 rings (SSSR count). The van der Waals surface area contributed by atoms with E-state index in [1.807, 2.05) is 0 Å². The van der Waals surface area contributed by atoms with Gasteiger partial charge in [-0.05, 0) is 18.2 Å². The average Bonchev–Trinajstić information content (AvgIpc) is 2.38. The first-order valence-electron chi connectivity index (χ1n) is 5.96. The molecule has 2 aromatic rings. The molecule has 0 aliphatic heterocycles. The van der Waals surface area contributed by atoms with E-state index in [0.29, 0.717) is 0 Å². The van der Waals surface area contributed by atoms with Crippen molar-refractivity contribution >= 4 is 42.9 Å². The van der Waals surface area contributed by atoms with Crippen molar-refractivity contribution in [2.45, 2.75) is 15.7 Å². The van der Waals surface area contributed by atoms with E-state index >= 15 is 0 Å². The molecule has 1 heterocycles. The second-order valence-corrected chi connectivity index (χ2v) is 9.53. The molecule has 0 atom stereocenters. The number of hydrogen-bond acceptors (Lipinski definition) is 6. The number of hydrogen-bond donors (Lipinski definition) is 1.